The predicted octanol–water partition coefficient (Wildman–Crippen LogP) is 1.26. The van der Waals surface area contributed by atoms with Crippen LogP contribution in [-0.2, 0) is 32.7 Å². The molecule has 2 aromatic rings. The standard InChI is InChI=1S/C22H32FN5O5S/c1-16-11-28(17(2)14-29)22(30)5-4-10-27-12-19(24-25-27)15-33-21(16)13-26(3)34(31,32)20-8-6-18(23)7-9-20/h6-9,12,16-17,21,29H,4-5,10-11,13-15H2,1-3H3/t16-,17-,21+/m0/s1. The highest BCUT2D eigenvalue weighted by Crippen LogP contribution is 2.21. The number of fused-ring (bicyclic) bond motifs is 2. The van der Waals surface area contributed by atoms with Crippen LogP contribution in [0.2, 0.25) is 0 Å². The molecular weight excluding hydrogens is 465 g/mol. The number of aryl methyl sites for hydroxylation is 1. The summed E-state index contributed by atoms with van der Waals surface area (Å²) >= 11 is 0. The van der Waals surface area contributed by atoms with Crippen LogP contribution in [0.3, 0.4) is 0 Å². The van der Waals surface area contributed by atoms with Crippen molar-refractivity contribution in [3.05, 3.63) is 42.0 Å². The lowest BCUT2D eigenvalue weighted by molar-refractivity contribution is -0.136. The van der Waals surface area contributed by atoms with E-state index in [-0.39, 0.29) is 42.9 Å². The van der Waals surface area contributed by atoms with E-state index in [4.69, 9.17) is 4.74 Å². The summed E-state index contributed by atoms with van der Waals surface area (Å²) in [6.07, 6.45) is 2.02. The first-order chi connectivity index (χ1) is 16.1. The Morgan fingerprint density at radius 3 is 2.71 bits per heavy atom. The van der Waals surface area contributed by atoms with E-state index in [2.05, 4.69) is 10.3 Å². The number of likely N-dealkylation sites (N-methyl/N-ethyl adjacent to an activating group) is 1. The highest BCUT2D eigenvalue weighted by Gasteiger charge is 2.31. The number of aromatic nitrogens is 3. The Bertz CT molecular complexity index is 1060. The van der Waals surface area contributed by atoms with Crippen LogP contribution >= 0.6 is 0 Å². The maximum absolute atomic E-state index is 13.3. The Kier molecular flexibility index (Phi) is 8.74. The normalized spacial score (nSPS) is 21.6. The average Bonchev–Trinajstić information content (AvgIpc) is 3.26. The number of sulfonamides is 1. The van der Waals surface area contributed by atoms with Crippen molar-refractivity contribution in [3.63, 3.8) is 0 Å². The second-order valence-corrected chi connectivity index (χ2v) is 10.8. The van der Waals surface area contributed by atoms with Gasteiger partial charge in [0.1, 0.15) is 11.5 Å². The van der Waals surface area contributed by atoms with Crippen LogP contribution in [0.15, 0.2) is 35.4 Å². The fourth-order valence-electron chi connectivity index (χ4n) is 3.83. The zero-order valence-electron chi connectivity index (χ0n) is 19.7. The molecule has 0 unspecified atom stereocenters. The third-order valence-corrected chi connectivity index (χ3v) is 7.84. The second kappa shape index (κ2) is 11.3. The molecule has 2 heterocycles. The van der Waals surface area contributed by atoms with Crippen LogP contribution in [0.4, 0.5) is 4.39 Å². The molecule has 1 amide bonds. The summed E-state index contributed by atoms with van der Waals surface area (Å²) in [6.45, 7) is 4.41. The molecule has 3 atom stereocenters. The van der Waals surface area contributed by atoms with Crippen molar-refractivity contribution in [3.8, 4) is 0 Å². The van der Waals surface area contributed by atoms with Crippen LogP contribution in [0, 0.1) is 11.7 Å². The number of hydrogen-bond donors (Lipinski definition) is 1. The predicted molar refractivity (Wildman–Crippen MR) is 121 cm³/mol. The molecule has 0 saturated heterocycles. The van der Waals surface area contributed by atoms with Crippen molar-refractivity contribution in [1.29, 1.82) is 0 Å². The van der Waals surface area contributed by atoms with Gasteiger partial charge in [-0.25, -0.2) is 12.8 Å². The van der Waals surface area contributed by atoms with Gasteiger partial charge in [-0.3, -0.25) is 9.48 Å². The van der Waals surface area contributed by atoms with Crippen molar-refractivity contribution in [1.82, 2.24) is 24.2 Å². The van der Waals surface area contributed by atoms with E-state index in [0.29, 0.717) is 25.2 Å². The molecule has 0 aliphatic carbocycles. The minimum Gasteiger partial charge on any atom is -0.394 e. The Balaban J connectivity index is 1.85. The molecule has 1 aliphatic rings. The van der Waals surface area contributed by atoms with E-state index in [1.54, 1.807) is 22.7 Å². The molecule has 1 N–H and O–H groups in total. The van der Waals surface area contributed by atoms with E-state index >= 15 is 0 Å². The number of carbonyl (C=O) groups is 1. The molecule has 10 nitrogen and oxygen atoms in total. The summed E-state index contributed by atoms with van der Waals surface area (Å²) in [4.78, 5) is 14.5. The van der Waals surface area contributed by atoms with Crippen molar-refractivity contribution >= 4 is 15.9 Å². The number of halogens is 1. The topological polar surface area (TPSA) is 118 Å². The first-order valence-corrected chi connectivity index (χ1v) is 12.7. The number of ether oxygens (including phenoxy) is 1. The number of hydrogen-bond acceptors (Lipinski definition) is 7. The Morgan fingerprint density at radius 2 is 2.03 bits per heavy atom. The van der Waals surface area contributed by atoms with E-state index < -0.39 is 28.0 Å². The highest BCUT2D eigenvalue weighted by molar-refractivity contribution is 7.89. The van der Waals surface area contributed by atoms with Crippen LogP contribution in [-0.4, -0.2) is 82.5 Å². The van der Waals surface area contributed by atoms with Crippen molar-refractivity contribution < 1.29 is 27.4 Å². The zero-order valence-corrected chi connectivity index (χ0v) is 20.5. The molecule has 12 heteroatoms. The third-order valence-electron chi connectivity index (χ3n) is 6.00. The lowest BCUT2D eigenvalue weighted by Gasteiger charge is -2.35. The van der Waals surface area contributed by atoms with Gasteiger partial charge in [0.05, 0.1) is 36.5 Å². The lowest BCUT2D eigenvalue weighted by Crippen LogP contribution is -2.47. The smallest absolute Gasteiger partial charge is 0.242 e. The molecule has 188 valence electrons. The van der Waals surface area contributed by atoms with Gasteiger partial charge in [-0.2, -0.15) is 4.31 Å². The lowest BCUT2D eigenvalue weighted by atomic mass is 10.0. The molecule has 0 radical (unpaired) electrons. The molecule has 2 bridgehead atoms. The van der Waals surface area contributed by atoms with Crippen molar-refractivity contribution in [2.75, 3.05) is 26.7 Å². The minimum absolute atomic E-state index is 0.00451. The van der Waals surface area contributed by atoms with Gasteiger partial charge in [-0.1, -0.05) is 12.1 Å². The fraction of sp³-hybridized carbons (Fsp3) is 0.591. The SMILES string of the molecule is C[C@H]1CN([C@@H](C)CO)C(=O)CCCn2cc(nn2)CO[C@@H]1CN(C)S(=O)(=O)c1ccc(F)cc1. The third kappa shape index (κ3) is 6.38. The van der Waals surface area contributed by atoms with Gasteiger partial charge >= 0.3 is 0 Å². The monoisotopic (exact) mass is 497 g/mol. The number of aliphatic hydroxyl groups excluding tert-OH is 1. The van der Waals surface area contributed by atoms with Gasteiger partial charge in [-0.15, -0.1) is 5.10 Å². The summed E-state index contributed by atoms with van der Waals surface area (Å²) < 4.78 is 48.3. The molecule has 34 heavy (non-hydrogen) atoms. The second-order valence-electron chi connectivity index (χ2n) is 8.72. The van der Waals surface area contributed by atoms with Crippen molar-refractivity contribution in [2.45, 2.75) is 56.9 Å². The average molecular weight is 498 g/mol. The van der Waals surface area contributed by atoms with E-state index in [0.717, 1.165) is 16.4 Å². The molecule has 0 fully saturated rings. The van der Waals surface area contributed by atoms with Gasteiger partial charge < -0.3 is 14.7 Å². The van der Waals surface area contributed by atoms with E-state index in [9.17, 15) is 22.7 Å². The molecule has 0 saturated carbocycles. The Labute approximate surface area is 199 Å². The zero-order chi connectivity index (χ0) is 24.9. The maximum Gasteiger partial charge on any atom is 0.242 e. The molecule has 0 spiro atoms. The largest absolute Gasteiger partial charge is 0.394 e. The summed E-state index contributed by atoms with van der Waals surface area (Å²) in [5.74, 6) is -0.886. The van der Waals surface area contributed by atoms with Gasteiger partial charge in [-0.05, 0) is 37.6 Å². The number of benzene rings is 1. The number of nitrogens with zero attached hydrogens (tertiary/aromatic N) is 5. The van der Waals surface area contributed by atoms with Gasteiger partial charge in [0.2, 0.25) is 15.9 Å². The van der Waals surface area contributed by atoms with Gasteiger partial charge in [0.15, 0.2) is 0 Å². The summed E-state index contributed by atoms with van der Waals surface area (Å²) in [5.41, 5.74) is 0.604. The van der Waals surface area contributed by atoms with E-state index in [1.807, 2.05) is 6.92 Å². The van der Waals surface area contributed by atoms with Gasteiger partial charge in [0.25, 0.3) is 0 Å². The van der Waals surface area contributed by atoms with Crippen molar-refractivity contribution in [2.24, 2.45) is 5.92 Å². The van der Waals surface area contributed by atoms with Crippen LogP contribution in [0.25, 0.3) is 0 Å². The first-order valence-electron chi connectivity index (χ1n) is 11.2. The van der Waals surface area contributed by atoms with Crippen LogP contribution in [0.5, 0.6) is 0 Å². The quantitative estimate of drug-likeness (QED) is 0.638. The maximum atomic E-state index is 13.3. The molecule has 3 rings (SSSR count). The van der Waals surface area contributed by atoms with E-state index in [1.165, 1.54) is 19.2 Å². The summed E-state index contributed by atoms with van der Waals surface area (Å²) in [5, 5.41) is 17.8. The van der Waals surface area contributed by atoms with Crippen LogP contribution in [0.1, 0.15) is 32.4 Å². The fourth-order valence-corrected chi connectivity index (χ4v) is 5.01. The number of rotatable bonds is 6. The first kappa shape index (κ1) is 26.2. The Morgan fingerprint density at radius 1 is 1.32 bits per heavy atom. The summed E-state index contributed by atoms with van der Waals surface area (Å²) in [7, 11) is -2.45. The van der Waals surface area contributed by atoms with Gasteiger partial charge in [0, 0.05) is 39.0 Å². The minimum atomic E-state index is -3.89. The molecule has 1 aromatic carbocycles. The van der Waals surface area contributed by atoms with Crippen LogP contribution < -0.4 is 0 Å². The number of amides is 1. The summed E-state index contributed by atoms with van der Waals surface area (Å²) in [6, 6.07) is 4.25. The Hall–Kier alpha value is -2.41. The molecular formula is C22H32FN5O5S. The molecule has 1 aliphatic heterocycles. The number of carbonyl (C=O) groups excluding carboxylic acids is 1. The highest BCUT2D eigenvalue weighted by atomic mass is 32.2. The number of aliphatic hydroxyl groups is 1. The molecule has 1 aromatic heterocycles.